The highest BCUT2D eigenvalue weighted by atomic mass is 35.5. The monoisotopic (exact) mass is 390 g/mol. The standard InChI is InChI=1S/C19H23ClN4O3/c1-12-10-14(24-8-4-5-9-24)6-7-15(12)21-16(25)11-27-19(26)17-13(2)22-23(3)18(17)20/h6-7,10H,4-5,8-9,11H2,1-3H3,(H,21,25). The predicted molar refractivity (Wildman–Crippen MR) is 104 cm³/mol. The smallest absolute Gasteiger partial charge is 0.343 e. The summed E-state index contributed by atoms with van der Waals surface area (Å²) in [7, 11) is 1.63. The van der Waals surface area contributed by atoms with Gasteiger partial charge >= 0.3 is 5.97 Å². The fourth-order valence-electron chi connectivity index (χ4n) is 3.21. The largest absolute Gasteiger partial charge is 0.452 e. The highest BCUT2D eigenvalue weighted by Crippen LogP contribution is 2.25. The lowest BCUT2D eigenvalue weighted by molar-refractivity contribution is -0.119. The number of carbonyl (C=O) groups excluding carboxylic acids is 2. The summed E-state index contributed by atoms with van der Waals surface area (Å²) in [6.45, 7) is 5.35. The Morgan fingerprint density at radius 1 is 1.26 bits per heavy atom. The minimum absolute atomic E-state index is 0.179. The van der Waals surface area contributed by atoms with Crippen molar-refractivity contribution >= 4 is 34.9 Å². The maximum Gasteiger partial charge on any atom is 0.343 e. The van der Waals surface area contributed by atoms with E-state index >= 15 is 0 Å². The highest BCUT2D eigenvalue weighted by Gasteiger charge is 2.21. The summed E-state index contributed by atoms with van der Waals surface area (Å²) in [4.78, 5) is 26.7. The Kier molecular flexibility index (Phi) is 5.70. The van der Waals surface area contributed by atoms with Gasteiger partial charge in [-0.15, -0.1) is 0 Å². The van der Waals surface area contributed by atoms with Crippen LogP contribution in [0.3, 0.4) is 0 Å². The van der Waals surface area contributed by atoms with Crippen molar-refractivity contribution < 1.29 is 14.3 Å². The zero-order valence-electron chi connectivity index (χ0n) is 15.7. The second-order valence-electron chi connectivity index (χ2n) is 6.69. The van der Waals surface area contributed by atoms with Crippen LogP contribution in [0.4, 0.5) is 11.4 Å². The van der Waals surface area contributed by atoms with E-state index in [9.17, 15) is 9.59 Å². The zero-order chi connectivity index (χ0) is 19.6. The zero-order valence-corrected chi connectivity index (χ0v) is 16.5. The number of hydrogen-bond donors (Lipinski definition) is 1. The summed E-state index contributed by atoms with van der Waals surface area (Å²) in [6.07, 6.45) is 2.42. The number of aromatic nitrogens is 2. The van der Waals surface area contributed by atoms with E-state index in [-0.39, 0.29) is 10.7 Å². The molecular weight excluding hydrogens is 368 g/mol. The van der Waals surface area contributed by atoms with Crippen molar-refractivity contribution in [2.24, 2.45) is 7.05 Å². The SMILES string of the molecule is Cc1cc(N2CCCC2)ccc1NC(=O)COC(=O)c1c(C)nn(C)c1Cl. The molecule has 27 heavy (non-hydrogen) atoms. The molecule has 0 radical (unpaired) electrons. The summed E-state index contributed by atoms with van der Waals surface area (Å²) in [5.74, 6) is -1.07. The first-order chi connectivity index (χ1) is 12.9. The van der Waals surface area contributed by atoms with E-state index in [1.807, 2.05) is 19.1 Å². The van der Waals surface area contributed by atoms with Gasteiger partial charge in [0.05, 0.1) is 5.69 Å². The lowest BCUT2D eigenvalue weighted by Gasteiger charge is -2.19. The van der Waals surface area contributed by atoms with E-state index in [0.29, 0.717) is 11.4 Å². The number of aryl methyl sites for hydroxylation is 3. The summed E-state index contributed by atoms with van der Waals surface area (Å²) < 4.78 is 6.47. The van der Waals surface area contributed by atoms with Crippen molar-refractivity contribution in [1.82, 2.24) is 9.78 Å². The number of nitrogens with zero attached hydrogens (tertiary/aromatic N) is 3. The molecule has 0 atom stereocenters. The summed E-state index contributed by atoms with van der Waals surface area (Å²) >= 11 is 6.04. The Bertz CT molecular complexity index is 872. The van der Waals surface area contributed by atoms with E-state index in [2.05, 4.69) is 21.4 Å². The van der Waals surface area contributed by atoms with Gasteiger partial charge in [-0.1, -0.05) is 11.6 Å². The number of amides is 1. The topological polar surface area (TPSA) is 76.5 Å². The van der Waals surface area contributed by atoms with Gasteiger partial charge in [-0.3, -0.25) is 9.48 Å². The lowest BCUT2D eigenvalue weighted by Crippen LogP contribution is -2.22. The molecule has 7 nitrogen and oxygen atoms in total. The van der Waals surface area contributed by atoms with Crippen LogP contribution in [0.1, 0.15) is 34.5 Å². The first-order valence-corrected chi connectivity index (χ1v) is 9.26. The van der Waals surface area contributed by atoms with Crippen LogP contribution >= 0.6 is 11.6 Å². The Morgan fingerprint density at radius 3 is 2.56 bits per heavy atom. The molecule has 0 bridgehead atoms. The van der Waals surface area contributed by atoms with E-state index in [1.165, 1.54) is 17.5 Å². The molecule has 1 aromatic carbocycles. The van der Waals surface area contributed by atoms with Crippen LogP contribution in [0.15, 0.2) is 18.2 Å². The van der Waals surface area contributed by atoms with Crippen molar-refractivity contribution in [3.8, 4) is 0 Å². The molecule has 0 unspecified atom stereocenters. The Morgan fingerprint density at radius 2 is 1.96 bits per heavy atom. The highest BCUT2D eigenvalue weighted by molar-refractivity contribution is 6.32. The van der Waals surface area contributed by atoms with Crippen molar-refractivity contribution in [1.29, 1.82) is 0 Å². The molecule has 2 aromatic rings. The summed E-state index contributed by atoms with van der Waals surface area (Å²) in [6, 6.07) is 5.94. The van der Waals surface area contributed by atoms with Gasteiger partial charge in [-0.2, -0.15) is 5.10 Å². The van der Waals surface area contributed by atoms with Crippen LogP contribution in [-0.4, -0.2) is 41.4 Å². The van der Waals surface area contributed by atoms with Gasteiger partial charge < -0.3 is 15.0 Å². The molecule has 0 saturated carbocycles. The van der Waals surface area contributed by atoms with Gasteiger partial charge in [0, 0.05) is 31.5 Å². The van der Waals surface area contributed by atoms with Gasteiger partial charge in [0.1, 0.15) is 10.7 Å². The molecule has 0 spiro atoms. The fraction of sp³-hybridized carbons (Fsp3) is 0.421. The van der Waals surface area contributed by atoms with Gasteiger partial charge in [0.25, 0.3) is 5.91 Å². The molecule has 1 saturated heterocycles. The van der Waals surface area contributed by atoms with E-state index in [1.54, 1.807) is 14.0 Å². The van der Waals surface area contributed by atoms with Crippen LogP contribution in [0.5, 0.6) is 0 Å². The average molecular weight is 391 g/mol. The number of anilines is 2. The average Bonchev–Trinajstić information content (AvgIpc) is 3.24. The first kappa shape index (κ1) is 19.2. The second kappa shape index (κ2) is 8.00. The third kappa shape index (κ3) is 4.24. The molecular formula is C19H23ClN4O3. The van der Waals surface area contributed by atoms with Crippen molar-refractivity contribution in [2.45, 2.75) is 26.7 Å². The molecule has 8 heteroatoms. The first-order valence-electron chi connectivity index (χ1n) is 8.88. The Hall–Kier alpha value is -2.54. The van der Waals surface area contributed by atoms with Crippen LogP contribution in [0, 0.1) is 13.8 Å². The molecule has 1 fully saturated rings. The van der Waals surface area contributed by atoms with Gasteiger partial charge in [0.2, 0.25) is 0 Å². The Balaban J connectivity index is 1.58. The molecule has 1 aliphatic rings. The minimum Gasteiger partial charge on any atom is -0.452 e. The molecule has 3 rings (SSSR count). The maximum atomic E-state index is 12.2. The number of halogens is 1. The third-order valence-electron chi connectivity index (χ3n) is 4.65. The maximum absolute atomic E-state index is 12.2. The number of carbonyl (C=O) groups is 2. The minimum atomic E-state index is -0.665. The number of benzene rings is 1. The number of esters is 1. The van der Waals surface area contributed by atoms with Crippen LogP contribution in [-0.2, 0) is 16.6 Å². The fourth-order valence-corrected chi connectivity index (χ4v) is 3.46. The number of ether oxygens (including phenoxy) is 1. The normalized spacial score (nSPS) is 13.7. The quantitative estimate of drug-likeness (QED) is 0.794. The lowest BCUT2D eigenvalue weighted by atomic mass is 10.1. The molecule has 1 aromatic heterocycles. The van der Waals surface area contributed by atoms with E-state index < -0.39 is 18.5 Å². The van der Waals surface area contributed by atoms with Crippen molar-refractivity contribution in [2.75, 3.05) is 29.9 Å². The van der Waals surface area contributed by atoms with Crippen LogP contribution in [0.2, 0.25) is 5.15 Å². The van der Waals surface area contributed by atoms with Gasteiger partial charge in [-0.05, 0) is 50.5 Å². The van der Waals surface area contributed by atoms with E-state index in [4.69, 9.17) is 16.3 Å². The van der Waals surface area contributed by atoms with Crippen LogP contribution < -0.4 is 10.2 Å². The van der Waals surface area contributed by atoms with E-state index in [0.717, 1.165) is 24.3 Å². The molecule has 0 aliphatic carbocycles. The van der Waals surface area contributed by atoms with Crippen molar-refractivity contribution in [3.05, 3.63) is 40.2 Å². The molecule has 2 heterocycles. The molecule has 1 amide bonds. The summed E-state index contributed by atoms with van der Waals surface area (Å²) in [5, 5.41) is 7.03. The third-order valence-corrected chi connectivity index (χ3v) is 5.08. The van der Waals surface area contributed by atoms with Gasteiger partial charge in [0.15, 0.2) is 6.61 Å². The summed E-state index contributed by atoms with van der Waals surface area (Å²) in [5.41, 5.74) is 3.47. The second-order valence-corrected chi connectivity index (χ2v) is 7.05. The number of nitrogens with one attached hydrogen (secondary N) is 1. The molecule has 1 N–H and O–H groups in total. The predicted octanol–water partition coefficient (Wildman–Crippen LogP) is 3.09. The number of rotatable bonds is 5. The van der Waals surface area contributed by atoms with Crippen molar-refractivity contribution in [3.63, 3.8) is 0 Å². The van der Waals surface area contributed by atoms with Gasteiger partial charge in [-0.25, -0.2) is 4.79 Å². The molecule has 144 valence electrons. The molecule has 1 aliphatic heterocycles. The number of hydrogen-bond acceptors (Lipinski definition) is 5. The van der Waals surface area contributed by atoms with Crippen LogP contribution in [0.25, 0.3) is 0 Å². The Labute approximate surface area is 163 Å².